The minimum absolute atomic E-state index is 0.0537. The molecule has 5 aromatic rings. The molecule has 35 heavy (non-hydrogen) atoms. The lowest BCUT2D eigenvalue weighted by Crippen LogP contribution is -2.27. The monoisotopic (exact) mass is 466 g/mol. The molecule has 1 amide bonds. The van der Waals surface area contributed by atoms with E-state index in [0.717, 1.165) is 0 Å². The molecule has 1 N–H and O–H groups in total. The van der Waals surface area contributed by atoms with Crippen molar-refractivity contribution in [3.63, 3.8) is 0 Å². The number of benzene rings is 3. The Hall–Kier alpha value is -5.12. The van der Waals surface area contributed by atoms with E-state index in [-0.39, 0.29) is 16.9 Å². The molecule has 10 nitrogen and oxygen atoms in total. The summed E-state index contributed by atoms with van der Waals surface area (Å²) >= 11 is 0. The summed E-state index contributed by atoms with van der Waals surface area (Å²) in [5, 5.41) is 23.4. The lowest BCUT2D eigenvalue weighted by Gasteiger charge is -2.12. The zero-order valence-electron chi connectivity index (χ0n) is 18.5. The first-order valence-electron chi connectivity index (χ1n) is 10.6. The molecule has 0 bridgehead atoms. The predicted octanol–water partition coefficient (Wildman–Crippen LogP) is 4.04. The number of carbonyl (C=O) groups excluding carboxylic acids is 1. The molecular formula is C25H18N6O4. The van der Waals surface area contributed by atoms with Crippen LogP contribution in [0.2, 0.25) is 0 Å². The molecule has 0 saturated carbocycles. The third kappa shape index (κ3) is 4.04. The lowest BCUT2D eigenvalue weighted by molar-refractivity contribution is -0.384. The summed E-state index contributed by atoms with van der Waals surface area (Å²) in [6.07, 6.45) is 0. The van der Waals surface area contributed by atoms with Gasteiger partial charge in [0, 0.05) is 23.6 Å². The molecule has 3 aromatic carbocycles. The SMILES string of the molecule is Cc1cc(NC(=O)c2nn(-c3ccccc3)c(=O)c3ccccc23)n(-c2ccc([N+](=O)[O-])cc2)n1. The molecule has 0 radical (unpaired) electrons. The van der Waals surface area contributed by atoms with E-state index in [4.69, 9.17) is 0 Å². The van der Waals surface area contributed by atoms with Gasteiger partial charge in [0.05, 0.1) is 27.4 Å². The third-order valence-corrected chi connectivity index (χ3v) is 5.40. The van der Waals surface area contributed by atoms with Gasteiger partial charge in [-0.1, -0.05) is 36.4 Å². The molecule has 172 valence electrons. The van der Waals surface area contributed by atoms with Crippen LogP contribution < -0.4 is 10.9 Å². The fourth-order valence-corrected chi connectivity index (χ4v) is 3.78. The van der Waals surface area contributed by atoms with Gasteiger partial charge in [-0.3, -0.25) is 19.7 Å². The molecular weight excluding hydrogens is 448 g/mol. The number of fused-ring (bicyclic) bond motifs is 1. The number of rotatable bonds is 5. The molecule has 2 aromatic heterocycles. The molecule has 0 aliphatic heterocycles. The topological polar surface area (TPSA) is 125 Å². The molecule has 0 spiro atoms. The van der Waals surface area contributed by atoms with Crippen LogP contribution in [0.5, 0.6) is 0 Å². The van der Waals surface area contributed by atoms with Gasteiger partial charge in [-0.05, 0) is 37.3 Å². The standard InChI is InChI=1S/C25H18N6O4/c1-16-15-22(29(27-16)18-11-13-19(14-12-18)31(34)35)26-24(32)23-20-9-5-6-10-21(20)25(33)30(28-23)17-7-3-2-4-8-17/h2-15H,1H3,(H,26,32). The average molecular weight is 466 g/mol. The van der Waals surface area contributed by atoms with Gasteiger partial charge >= 0.3 is 0 Å². The maximum atomic E-state index is 13.4. The van der Waals surface area contributed by atoms with Crippen molar-refractivity contribution in [2.75, 3.05) is 5.32 Å². The second-order valence-electron chi connectivity index (χ2n) is 7.76. The van der Waals surface area contributed by atoms with E-state index < -0.39 is 10.8 Å². The largest absolute Gasteiger partial charge is 0.305 e. The van der Waals surface area contributed by atoms with E-state index in [1.807, 2.05) is 6.07 Å². The maximum Gasteiger partial charge on any atom is 0.279 e. The maximum absolute atomic E-state index is 13.4. The summed E-state index contributed by atoms with van der Waals surface area (Å²) in [5.74, 6) is -0.182. The number of anilines is 1. The minimum atomic E-state index is -0.533. The van der Waals surface area contributed by atoms with Gasteiger partial charge in [0.25, 0.3) is 17.2 Å². The Morgan fingerprint density at radius 1 is 0.857 bits per heavy atom. The highest BCUT2D eigenvalue weighted by atomic mass is 16.6. The van der Waals surface area contributed by atoms with Crippen molar-refractivity contribution in [1.29, 1.82) is 0 Å². The van der Waals surface area contributed by atoms with Crippen LogP contribution in [0.1, 0.15) is 16.2 Å². The van der Waals surface area contributed by atoms with Crippen molar-refractivity contribution in [3.05, 3.63) is 117 Å². The summed E-state index contributed by atoms with van der Waals surface area (Å²) < 4.78 is 2.68. The molecule has 0 atom stereocenters. The van der Waals surface area contributed by atoms with Crippen LogP contribution in [0.4, 0.5) is 11.5 Å². The Balaban J connectivity index is 1.58. The first kappa shape index (κ1) is 21.7. The van der Waals surface area contributed by atoms with Crippen LogP contribution in [0, 0.1) is 17.0 Å². The second-order valence-corrected chi connectivity index (χ2v) is 7.76. The highest BCUT2D eigenvalue weighted by Gasteiger charge is 2.20. The number of hydrogen-bond donors (Lipinski definition) is 1. The minimum Gasteiger partial charge on any atom is -0.305 e. The Morgan fingerprint density at radius 3 is 2.17 bits per heavy atom. The highest BCUT2D eigenvalue weighted by Crippen LogP contribution is 2.22. The number of nitrogens with one attached hydrogen (secondary N) is 1. The van der Waals surface area contributed by atoms with Crippen LogP contribution in [0.25, 0.3) is 22.1 Å². The average Bonchev–Trinajstić information content (AvgIpc) is 3.24. The number of amides is 1. The molecule has 5 rings (SSSR count). The number of carbonyl (C=O) groups is 1. The van der Waals surface area contributed by atoms with Crippen molar-refractivity contribution in [3.8, 4) is 11.4 Å². The molecule has 2 heterocycles. The van der Waals surface area contributed by atoms with Gasteiger partial charge in [-0.2, -0.15) is 14.9 Å². The number of nitro groups is 1. The molecule has 0 aliphatic carbocycles. The summed E-state index contributed by atoms with van der Waals surface area (Å²) in [5.41, 5.74) is 1.37. The Kier molecular flexibility index (Phi) is 5.38. The van der Waals surface area contributed by atoms with Crippen molar-refractivity contribution in [1.82, 2.24) is 19.6 Å². The van der Waals surface area contributed by atoms with Crippen LogP contribution >= 0.6 is 0 Å². The van der Waals surface area contributed by atoms with E-state index in [1.165, 1.54) is 21.5 Å². The molecule has 0 fully saturated rings. The first-order chi connectivity index (χ1) is 16.9. The van der Waals surface area contributed by atoms with E-state index in [2.05, 4.69) is 15.5 Å². The molecule has 0 saturated heterocycles. The number of aromatic nitrogens is 4. The van der Waals surface area contributed by atoms with Gasteiger partial charge in [0.15, 0.2) is 5.69 Å². The normalized spacial score (nSPS) is 10.9. The fourth-order valence-electron chi connectivity index (χ4n) is 3.78. The number of non-ortho nitro benzene ring substituents is 1. The number of para-hydroxylation sites is 1. The third-order valence-electron chi connectivity index (χ3n) is 5.40. The summed E-state index contributed by atoms with van der Waals surface area (Å²) in [6.45, 7) is 1.76. The zero-order chi connectivity index (χ0) is 24.5. The van der Waals surface area contributed by atoms with E-state index >= 15 is 0 Å². The predicted molar refractivity (Wildman–Crippen MR) is 130 cm³/mol. The number of hydrogen-bond acceptors (Lipinski definition) is 6. The smallest absolute Gasteiger partial charge is 0.279 e. The number of nitro benzene ring substituents is 1. The van der Waals surface area contributed by atoms with E-state index in [0.29, 0.717) is 33.7 Å². The van der Waals surface area contributed by atoms with Crippen LogP contribution in [0.15, 0.2) is 89.7 Å². The highest BCUT2D eigenvalue weighted by molar-refractivity contribution is 6.11. The van der Waals surface area contributed by atoms with Crippen LogP contribution in [0.3, 0.4) is 0 Å². The lowest BCUT2D eigenvalue weighted by atomic mass is 10.1. The Morgan fingerprint density at radius 2 is 1.49 bits per heavy atom. The Bertz CT molecular complexity index is 1640. The van der Waals surface area contributed by atoms with Crippen molar-refractivity contribution in [2.45, 2.75) is 6.92 Å². The van der Waals surface area contributed by atoms with Gasteiger partial charge in [0.2, 0.25) is 0 Å². The zero-order valence-corrected chi connectivity index (χ0v) is 18.5. The molecule has 0 unspecified atom stereocenters. The van der Waals surface area contributed by atoms with Crippen molar-refractivity contribution >= 4 is 28.2 Å². The van der Waals surface area contributed by atoms with Crippen LogP contribution in [-0.2, 0) is 0 Å². The van der Waals surface area contributed by atoms with Gasteiger partial charge in [-0.25, -0.2) is 4.68 Å². The molecule has 10 heteroatoms. The van der Waals surface area contributed by atoms with Crippen molar-refractivity contribution < 1.29 is 9.72 Å². The van der Waals surface area contributed by atoms with Gasteiger partial charge in [0.1, 0.15) is 5.82 Å². The summed E-state index contributed by atoms with van der Waals surface area (Å²) in [7, 11) is 0. The summed E-state index contributed by atoms with van der Waals surface area (Å²) in [6, 6.07) is 23.1. The first-order valence-corrected chi connectivity index (χ1v) is 10.6. The quantitative estimate of drug-likeness (QED) is 0.308. The van der Waals surface area contributed by atoms with Crippen LogP contribution in [-0.4, -0.2) is 30.4 Å². The second kappa shape index (κ2) is 8.67. The Labute approximate surface area is 198 Å². The van der Waals surface area contributed by atoms with Gasteiger partial charge in [-0.15, -0.1) is 0 Å². The fraction of sp³-hybridized carbons (Fsp3) is 0.0400. The van der Waals surface area contributed by atoms with Gasteiger partial charge < -0.3 is 5.32 Å². The van der Waals surface area contributed by atoms with E-state index in [1.54, 1.807) is 73.7 Å². The van der Waals surface area contributed by atoms with Crippen molar-refractivity contribution in [2.24, 2.45) is 0 Å². The number of aryl methyl sites for hydroxylation is 1. The number of nitrogens with zero attached hydrogens (tertiary/aromatic N) is 5. The van der Waals surface area contributed by atoms with E-state index in [9.17, 15) is 19.7 Å². The summed E-state index contributed by atoms with van der Waals surface area (Å²) in [4.78, 5) is 37.0. The molecule has 0 aliphatic rings.